The van der Waals surface area contributed by atoms with Crippen LogP contribution < -0.4 is 5.32 Å². The molecule has 4 rings (SSSR count). The maximum Gasteiger partial charge on any atom is 0.255 e. The van der Waals surface area contributed by atoms with Crippen LogP contribution in [0.2, 0.25) is 5.02 Å². The number of nitrogens with zero attached hydrogens (tertiary/aromatic N) is 2. The van der Waals surface area contributed by atoms with Crippen molar-refractivity contribution in [2.45, 2.75) is 26.3 Å². The standard InChI is InChI=1S/C24H21BrClN3O/c1-24(2,3)28-23(30)19-5-4-14-29-21(16-8-12-18(26)13-9-16)20(27-22(19)29)15-6-10-17(25)11-7-15/h4-14H,1-3H3,(H,28,30). The van der Waals surface area contributed by atoms with Gasteiger partial charge in [-0.05, 0) is 57.2 Å². The van der Waals surface area contributed by atoms with Crippen molar-refractivity contribution in [3.05, 3.63) is 81.9 Å². The highest BCUT2D eigenvalue weighted by molar-refractivity contribution is 9.10. The van der Waals surface area contributed by atoms with Gasteiger partial charge in [0.15, 0.2) is 5.65 Å². The minimum Gasteiger partial charge on any atom is -0.347 e. The zero-order valence-corrected chi connectivity index (χ0v) is 19.3. The van der Waals surface area contributed by atoms with E-state index in [0.29, 0.717) is 16.2 Å². The van der Waals surface area contributed by atoms with Crippen LogP contribution in [-0.4, -0.2) is 20.8 Å². The maximum absolute atomic E-state index is 13.0. The van der Waals surface area contributed by atoms with Crippen molar-refractivity contribution in [3.8, 4) is 22.5 Å². The Kier molecular flexibility index (Phi) is 5.43. The highest BCUT2D eigenvalue weighted by Crippen LogP contribution is 2.34. The van der Waals surface area contributed by atoms with Gasteiger partial charge < -0.3 is 5.32 Å². The summed E-state index contributed by atoms with van der Waals surface area (Å²) in [4.78, 5) is 17.9. The minimum atomic E-state index is -0.343. The van der Waals surface area contributed by atoms with Crippen LogP contribution in [0.4, 0.5) is 0 Å². The molecule has 0 unspecified atom stereocenters. The fourth-order valence-corrected chi connectivity index (χ4v) is 3.74. The molecule has 0 spiro atoms. The van der Waals surface area contributed by atoms with Gasteiger partial charge in [-0.2, -0.15) is 0 Å². The van der Waals surface area contributed by atoms with E-state index < -0.39 is 0 Å². The molecule has 4 aromatic rings. The molecule has 1 amide bonds. The van der Waals surface area contributed by atoms with Crippen molar-refractivity contribution in [3.63, 3.8) is 0 Å². The van der Waals surface area contributed by atoms with Crippen LogP contribution in [0.25, 0.3) is 28.2 Å². The van der Waals surface area contributed by atoms with E-state index in [9.17, 15) is 4.79 Å². The Hall–Kier alpha value is -2.63. The number of imidazole rings is 1. The molecule has 0 atom stereocenters. The van der Waals surface area contributed by atoms with Crippen molar-refractivity contribution in [2.24, 2.45) is 0 Å². The fraction of sp³-hybridized carbons (Fsp3) is 0.167. The summed E-state index contributed by atoms with van der Waals surface area (Å²) in [6.45, 7) is 5.88. The predicted octanol–water partition coefficient (Wildman–Crippen LogP) is 6.61. The first-order valence-corrected chi connectivity index (χ1v) is 10.8. The Morgan fingerprint density at radius 2 is 1.63 bits per heavy atom. The molecule has 2 aromatic carbocycles. The number of hydrogen-bond donors (Lipinski definition) is 1. The lowest BCUT2D eigenvalue weighted by Gasteiger charge is -2.20. The van der Waals surface area contributed by atoms with Crippen LogP contribution in [0, 0.1) is 0 Å². The topological polar surface area (TPSA) is 46.4 Å². The zero-order chi connectivity index (χ0) is 21.5. The molecule has 0 aliphatic rings. The van der Waals surface area contributed by atoms with Crippen molar-refractivity contribution in [1.82, 2.24) is 14.7 Å². The predicted molar refractivity (Wildman–Crippen MR) is 126 cm³/mol. The van der Waals surface area contributed by atoms with E-state index in [0.717, 1.165) is 27.0 Å². The molecule has 0 aliphatic carbocycles. The van der Waals surface area contributed by atoms with E-state index in [1.807, 2.05) is 86.0 Å². The van der Waals surface area contributed by atoms with E-state index in [2.05, 4.69) is 21.2 Å². The molecule has 0 bridgehead atoms. The summed E-state index contributed by atoms with van der Waals surface area (Å²) < 4.78 is 2.96. The molecule has 0 radical (unpaired) electrons. The molecule has 30 heavy (non-hydrogen) atoms. The van der Waals surface area contributed by atoms with E-state index in [-0.39, 0.29) is 11.4 Å². The van der Waals surface area contributed by atoms with E-state index in [4.69, 9.17) is 16.6 Å². The number of aromatic nitrogens is 2. The van der Waals surface area contributed by atoms with Gasteiger partial charge >= 0.3 is 0 Å². The Bertz CT molecular complexity index is 1220. The number of pyridine rings is 1. The van der Waals surface area contributed by atoms with Crippen LogP contribution in [0.3, 0.4) is 0 Å². The molecule has 2 heterocycles. The molecule has 4 nitrogen and oxygen atoms in total. The average Bonchev–Trinajstić information content (AvgIpc) is 3.07. The first-order chi connectivity index (χ1) is 14.2. The summed E-state index contributed by atoms with van der Waals surface area (Å²) in [5.41, 5.74) is 4.46. The van der Waals surface area contributed by atoms with E-state index in [1.165, 1.54) is 0 Å². The molecule has 0 fully saturated rings. The Labute approximate surface area is 189 Å². The second kappa shape index (κ2) is 7.89. The van der Waals surface area contributed by atoms with Crippen molar-refractivity contribution < 1.29 is 4.79 Å². The molecule has 1 N–H and O–H groups in total. The molecular formula is C24H21BrClN3O. The number of carbonyl (C=O) groups is 1. The number of halogens is 2. The Morgan fingerprint density at radius 3 is 2.27 bits per heavy atom. The van der Waals surface area contributed by atoms with E-state index in [1.54, 1.807) is 6.07 Å². The van der Waals surface area contributed by atoms with Crippen LogP contribution in [-0.2, 0) is 0 Å². The van der Waals surface area contributed by atoms with Gasteiger partial charge in [-0.3, -0.25) is 9.20 Å². The van der Waals surface area contributed by atoms with Gasteiger partial charge in [-0.15, -0.1) is 0 Å². The summed E-state index contributed by atoms with van der Waals surface area (Å²) in [7, 11) is 0. The monoisotopic (exact) mass is 481 g/mol. The van der Waals surface area contributed by atoms with Crippen molar-refractivity contribution in [1.29, 1.82) is 0 Å². The Morgan fingerprint density at radius 1 is 1.00 bits per heavy atom. The molecule has 2 aromatic heterocycles. The molecule has 0 saturated carbocycles. The van der Waals surface area contributed by atoms with Gasteiger partial charge in [0.1, 0.15) is 0 Å². The lowest BCUT2D eigenvalue weighted by molar-refractivity contribution is 0.0920. The van der Waals surface area contributed by atoms with Gasteiger partial charge in [0.2, 0.25) is 0 Å². The molecule has 0 aliphatic heterocycles. The summed E-state index contributed by atoms with van der Waals surface area (Å²) >= 11 is 9.60. The third-order valence-corrected chi connectivity index (χ3v) is 5.40. The summed E-state index contributed by atoms with van der Waals surface area (Å²) in [6, 6.07) is 19.3. The van der Waals surface area contributed by atoms with Gasteiger partial charge in [-0.1, -0.05) is 51.8 Å². The third kappa shape index (κ3) is 4.13. The maximum atomic E-state index is 13.0. The zero-order valence-electron chi connectivity index (χ0n) is 16.9. The molecule has 0 saturated heterocycles. The molecular weight excluding hydrogens is 462 g/mol. The summed E-state index contributed by atoms with van der Waals surface area (Å²) in [5, 5.41) is 3.70. The lowest BCUT2D eigenvalue weighted by Crippen LogP contribution is -2.40. The number of amides is 1. The molecule has 152 valence electrons. The normalized spacial score (nSPS) is 11.6. The number of benzene rings is 2. The number of hydrogen-bond acceptors (Lipinski definition) is 2. The number of rotatable bonds is 3. The van der Waals surface area contributed by atoms with Gasteiger partial charge in [0, 0.05) is 32.4 Å². The number of fused-ring (bicyclic) bond motifs is 1. The number of carbonyl (C=O) groups excluding carboxylic acids is 1. The highest BCUT2D eigenvalue weighted by Gasteiger charge is 2.22. The second-order valence-corrected chi connectivity index (χ2v) is 9.49. The van der Waals surface area contributed by atoms with Crippen LogP contribution in [0.15, 0.2) is 71.3 Å². The molecule has 6 heteroatoms. The average molecular weight is 483 g/mol. The first kappa shape index (κ1) is 20.6. The highest BCUT2D eigenvalue weighted by atomic mass is 79.9. The van der Waals surface area contributed by atoms with Gasteiger partial charge in [-0.25, -0.2) is 4.98 Å². The van der Waals surface area contributed by atoms with E-state index >= 15 is 0 Å². The van der Waals surface area contributed by atoms with Crippen LogP contribution >= 0.6 is 27.5 Å². The van der Waals surface area contributed by atoms with Crippen molar-refractivity contribution >= 4 is 39.1 Å². The Balaban J connectivity index is 1.98. The third-order valence-electron chi connectivity index (χ3n) is 4.62. The SMILES string of the molecule is CC(C)(C)NC(=O)c1cccn2c(-c3ccc(Cl)cc3)c(-c3ccc(Br)cc3)nc12. The minimum absolute atomic E-state index is 0.150. The van der Waals surface area contributed by atoms with Crippen LogP contribution in [0.5, 0.6) is 0 Å². The lowest BCUT2D eigenvalue weighted by atomic mass is 10.0. The smallest absolute Gasteiger partial charge is 0.255 e. The summed E-state index contributed by atoms with van der Waals surface area (Å²) in [6.07, 6.45) is 1.93. The fourth-order valence-electron chi connectivity index (χ4n) is 3.35. The van der Waals surface area contributed by atoms with Crippen LogP contribution in [0.1, 0.15) is 31.1 Å². The largest absolute Gasteiger partial charge is 0.347 e. The number of nitrogens with one attached hydrogen (secondary N) is 1. The first-order valence-electron chi connectivity index (χ1n) is 9.58. The van der Waals surface area contributed by atoms with Gasteiger partial charge in [0.25, 0.3) is 5.91 Å². The van der Waals surface area contributed by atoms with Crippen molar-refractivity contribution in [2.75, 3.05) is 0 Å². The second-order valence-electron chi connectivity index (χ2n) is 8.14. The van der Waals surface area contributed by atoms with Gasteiger partial charge in [0.05, 0.1) is 17.0 Å². The summed E-state index contributed by atoms with van der Waals surface area (Å²) in [5.74, 6) is -0.150. The quantitative estimate of drug-likeness (QED) is 0.357.